The molecule has 50 heavy (non-hydrogen) atoms. The number of hydrogen-bond donors (Lipinski definition) is 6. The first-order chi connectivity index (χ1) is 23.3. The van der Waals surface area contributed by atoms with Crippen LogP contribution in [-0.2, 0) is 26.2 Å². The summed E-state index contributed by atoms with van der Waals surface area (Å²) in [6, 6.07) is 11.9. The molecule has 278 valence electrons. The SMILES string of the molecule is CCC(C)(C)c1cc(OC)c([C@@H]2O[C@H](CO)[C@@H](O)[C@H](O)[C@H]2O)cc1Cc1ccc(/C=C/C(C)(C)C(=O)NC(C)(C)C(=O)NCCN(C)C)cc1. The molecule has 0 unspecified atom stereocenters. The third kappa shape index (κ3) is 9.92. The zero-order valence-corrected chi connectivity index (χ0v) is 31.4. The fourth-order valence-electron chi connectivity index (χ4n) is 5.83. The highest BCUT2D eigenvalue weighted by Crippen LogP contribution is 2.42. The normalized spacial score (nSPS) is 21.8. The second-order valence-corrected chi connectivity index (χ2v) is 15.3. The maximum atomic E-state index is 13.2. The largest absolute Gasteiger partial charge is 0.496 e. The Balaban J connectivity index is 1.84. The Bertz CT molecular complexity index is 1480. The average molecular weight is 698 g/mol. The monoisotopic (exact) mass is 697 g/mol. The molecule has 0 radical (unpaired) electrons. The van der Waals surface area contributed by atoms with E-state index in [0.29, 0.717) is 30.8 Å². The molecule has 2 aromatic carbocycles. The van der Waals surface area contributed by atoms with E-state index in [-0.39, 0.29) is 17.2 Å². The summed E-state index contributed by atoms with van der Waals surface area (Å²) in [5.41, 5.74) is 2.32. The number of ether oxygens (including phenoxy) is 2. The number of likely N-dealkylation sites (N-methyl/N-ethyl adjacent to an activating group) is 1. The van der Waals surface area contributed by atoms with Gasteiger partial charge in [0, 0.05) is 18.7 Å². The van der Waals surface area contributed by atoms with Gasteiger partial charge in [-0.05, 0) is 94.4 Å². The molecule has 11 heteroatoms. The van der Waals surface area contributed by atoms with Gasteiger partial charge in [-0.25, -0.2) is 0 Å². The first kappa shape index (κ1) is 41.1. The summed E-state index contributed by atoms with van der Waals surface area (Å²) < 4.78 is 11.7. The van der Waals surface area contributed by atoms with Gasteiger partial charge in [-0.2, -0.15) is 0 Å². The number of rotatable bonds is 15. The minimum absolute atomic E-state index is 0.215. The van der Waals surface area contributed by atoms with Crippen LogP contribution in [0.3, 0.4) is 0 Å². The predicted octanol–water partition coefficient (Wildman–Crippen LogP) is 3.10. The van der Waals surface area contributed by atoms with Crippen LogP contribution in [0.15, 0.2) is 42.5 Å². The summed E-state index contributed by atoms with van der Waals surface area (Å²) in [6.07, 6.45) is -1.35. The smallest absolute Gasteiger partial charge is 0.245 e. The van der Waals surface area contributed by atoms with Crippen molar-refractivity contribution in [2.45, 2.75) is 103 Å². The van der Waals surface area contributed by atoms with Crippen molar-refractivity contribution in [2.24, 2.45) is 5.41 Å². The van der Waals surface area contributed by atoms with Gasteiger partial charge in [-0.3, -0.25) is 9.59 Å². The summed E-state index contributed by atoms with van der Waals surface area (Å²) in [4.78, 5) is 27.9. The third-order valence-electron chi connectivity index (χ3n) is 9.76. The minimum atomic E-state index is -1.51. The van der Waals surface area contributed by atoms with Gasteiger partial charge in [-0.1, -0.05) is 57.2 Å². The summed E-state index contributed by atoms with van der Waals surface area (Å²) in [5, 5.41) is 47.3. The lowest BCUT2D eigenvalue weighted by atomic mass is 9.77. The van der Waals surface area contributed by atoms with Crippen LogP contribution in [0.25, 0.3) is 6.08 Å². The van der Waals surface area contributed by atoms with Gasteiger partial charge in [0.2, 0.25) is 11.8 Å². The van der Waals surface area contributed by atoms with E-state index in [4.69, 9.17) is 9.47 Å². The van der Waals surface area contributed by atoms with Crippen molar-refractivity contribution in [1.82, 2.24) is 15.5 Å². The molecule has 3 rings (SSSR count). The molecule has 0 aromatic heterocycles. The van der Waals surface area contributed by atoms with E-state index in [2.05, 4.69) is 31.4 Å². The highest BCUT2D eigenvalue weighted by Gasteiger charge is 2.45. The molecule has 2 amide bonds. The van der Waals surface area contributed by atoms with Crippen LogP contribution in [0.4, 0.5) is 0 Å². The van der Waals surface area contributed by atoms with Crippen LogP contribution in [0.5, 0.6) is 5.75 Å². The zero-order valence-electron chi connectivity index (χ0n) is 31.4. The van der Waals surface area contributed by atoms with Crippen LogP contribution in [-0.4, -0.2) is 108 Å². The van der Waals surface area contributed by atoms with Crippen LogP contribution in [0.2, 0.25) is 0 Å². The van der Waals surface area contributed by atoms with Gasteiger partial charge in [0.1, 0.15) is 41.8 Å². The molecular formula is C39H59N3O8. The molecule has 0 spiro atoms. The fourth-order valence-corrected chi connectivity index (χ4v) is 5.83. The summed E-state index contributed by atoms with van der Waals surface area (Å²) in [7, 11) is 5.39. The predicted molar refractivity (Wildman–Crippen MR) is 195 cm³/mol. The van der Waals surface area contributed by atoms with E-state index in [1.165, 1.54) is 7.11 Å². The number of amides is 2. The number of aliphatic hydroxyl groups is 4. The number of benzene rings is 2. The number of aliphatic hydroxyl groups excluding tert-OH is 4. The Labute approximate surface area is 297 Å². The van der Waals surface area contributed by atoms with Crippen molar-refractivity contribution in [3.63, 3.8) is 0 Å². The Hall–Kier alpha value is -3.32. The van der Waals surface area contributed by atoms with Crippen molar-refractivity contribution in [1.29, 1.82) is 0 Å². The molecule has 1 fully saturated rings. The molecule has 1 saturated heterocycles. The van der Waals surface area contributed by atoms with Crippen molar-refractivity contribution < 1.29 is 39.5 Å². The Morgan fingerprint density at radius 2 is 1.60 bits per heavy atom. The van der Waals surface area contributed by atoms with E-state index in [0.717, 1.165) is 28.7 Å². The standard InChI is InChI=1S/C39H59N3O8/c1-11-37(2,3)28-22-29(49-10)27(34-33(46)32(45)31(44)30(23-43)50-34)21-26(28)20-25-14-12-24(13-15-25)16-17-38(4,5)35(47)41-39(6,7)36(48)40-18-19-42(8)9/h12-17,21-22,30-34,43-46H,11,18-20,23H2,1-10H3,(H,40,48)(H,41,47)/b17-16+/t30-,31-,32+,33-,34+/m1/s1. The quantitative estimate of drug-likeness (QED) is 0.164. The van der Waals surface area contributed by atoms with Crippen LogP contribution < -0.4 is 15.4 Å². The van der Waals surface area contributed by atoms with Crippen LogP contribution >= 0.6 is 0 Å². The molecule has 1 heterocycles. The molecule has 0 bridgehead atoms. The number of nitrogens with zero attached hydrogens (tertiary/aromatic N) is 1. The number of hydrogen-bond acceptors (Lipinski definition) is 9. The van der Waals surface area contributed by atoms with Gasteiger partial charge in [0.25, 0.3) is 0 Å². The van der Waals surface area contributed by atoms with E-state index in [1.54, 1.807) is 27.7 Å². The van der Waals surface area contributed by atoms with Gasteiger partial charge < -0.3 is 45.4 Å². The van der Waals surface area contributed by atoms with Crippen molar-refractivity contribution in [3.05, 3.63) is 70.3 Å². The average Bonchev–Trinajstić information content (AvgIpc) is 3.06. The Kier molecular flexibility index (Phi) is 13.8. The molecule has 1 aliphatic rings. The van der Waals surface area contributed by atoms with Gasteiger partial charge in [0.05, 0.1) is 19.1 Å². The summed E-state index contributed by atoms with van der Waals surface area (Å²) >= 11 is 0. The van der Waals surface area contributed by atoms with Gasteiger partial charge >= 0.3 is 0 Å². The Morgan fingerprint density at radius 1 is 0.960 bits per heavy atom. The molecule has 0 aliphatic carbocycles. The first-order valence-corrected chi connectivity index (χ1v) is 17.3. The number of methoxy groups -OCH3 is 1. The van der Waals surface area contributed by atoms with E-state index in [9.17, 15) is 30.0 Å². The highest BCUT2D eigenvalue weighted by molar-refractivity contribution is 5.93. The summed E-state index contributed by atoms with van der Waals surface area (Å²) in [5.74, 6) is -0.0280. The molecular weight excluding hydrogens is 638 g/mol. The fraction of sp³-hybridized carbons (Fsp3) is 0.590. The Morgan fingerprint density at radius 3 is 2.16 bits per heavy atom. The van der Waals surface area contributed by atoms with Crippen molar-refractivity contribution in [3.8, 4) is 5.75 Å². The van der Waals surface area contributed by atoms with Gasteiger partial charge in [0.15, 0.2) is 0 Å². The number of carbonyl (C=O) groups excluding carboxylic acids is 2. The van der Waals surface area contributed by atoms with Crippen LogP contribution in [0, 0.1) is 5.41 Å². The number of nitrogens with one attached hydrogen (secondary N) is 2. The van der Waals surface area contributed by atoms with E-state index >= 15 is 0 Å². The molecule has 5 atom stereocenters. The van der Waals surface area contributed by atoms with Gasteiger partial charge in [-0.15, -0.1) is 0 Å². The topological polar surface area (TPSA) is 161 Å². The maximum Gasteiger partial charge on any atom is 0.245 e. The first-order valence-electron chi connectivity index (χ1n) is 17.3. The van der Waals surface area contributed by atoms with Crippen molar-refractivity contribution in [2.75, 3.05) is 40.9 Å². The van der Waals surface area contributed by atoms with Crippen molar-refractivity contribution >= 4 is 17.9 Å². The van der Waals surface area contributed by atoms with E-state index < -0.39 is 48.1 Å². The second kappa shape index (κ2) is 16.8. The number of carbonyl (C=O) groups is 2. The molecule has 11 nitrogen and oxygen atoms in total. The minimum Gasteiger partial charge on any atom is -0.496 e. The molecule has 0 saturated carbocycles. The lowest BCUT2D eigenvalue weighted by Gasteiger charge is -2.41. The molecule has 2 aromatic rings. The lowest BCUT2D eigenvalue weighted by molar-refractivity contribution is -0.232. The second-order valence-electron chi connectivity index (χ2n) is 15.3. The molecule has 6 N–H and O–H groups in total. The summed E-state index contributed by atoms with van der Waals surface area (Å²) in [6.45, 7) is 14.1. The highest BCUT2D eigenvalue weighted by atomic mass is 16.5. The third-order valence-corrected chi connectivity index (χ3v) is 9.76. The van der Waals surface area contributed by atoms with Crippen LogP contribution in [0.1, 0.15) is 88.8 Å². The maximum absolute atomic E-state index is 13.2. The lowest BCUT2D eigenvalue weighted by Crippen LogP contribution is -2.57. The molecule has 1 aliphatic heterocycles. The van der Waals surface area contributed by atoms with E-state index in [1.807, 2.05) is 67.5 Å². The zero-order chi connectivity index (χ0) is 37.6.